The van der Waals surface area contributed by atoms with Crippen LogP contribution in [0.1, 0.15) is 16.6 Å². The molecule has 15 heavy (non-hydrogen) atoms. The summed E-state index contributed by atoms with van der Waals surface area (Å²) < 4.78 is 0.909. The molecule has 0 spiro atoms. The molecule has 0 fully saturated rings. The molecule has 76 valence electrons. The maximum atomic E-state index is 11.1. The molecule has 0 aliphatic heterocycles. The van der Waals surface area contributed by atoms with Crippen molar-refractivity contribution >= 4 is 34.1 Å². The first kappa shape index (κ1) is 10.3. The molecule has 1 aromatic carbocycles. The standard InChI is InChI=1S/C11H9NOS2/c1-8(13)10-7-14-11(15-10)12-9-5-3-2-4-6-9/h2-7H,1H3. The van der Waals surface area contributed by atoms with Gasteiger partial charge in [0.2, 0.25) is 0 Å². The van der Waals surface area contributed by atoms with Crippen LogP contribution in [-0.4, -0.2) is 5.78 Å². The maximum Gasteiger partial charge on any atom is 0.171 e. The summed E-state index contributed by atoms with van der Waals surface area (Å²) in [7, 11) is 0. The van der Waals surface area contributed by atoms with Crippen LogP contribution in [0.4, 0.5) is 5.69 Å². The molecule has 0 saturated carbocycles. The van der Waals surface area contributed by atoms with Gasteiger partial charge in [0.1, 0.15) is 0 Å². The number of Topliss-reactive ketones (excluding diaryl/α,β-unsaturated/α-hetero) is 1. The lowest BCUT2D eigenvalue weighted by Gasteiger charge is -1.87. The van der Waals surface area contributed by atoms with E-state index in [-0.39, 0.29) is 5.78 Å². The summed E-state index contributed by atoms with van der Waals surface area (Å²) in [5.74, 6) is 0.103. The first-order chi connectivity index (χ1) is 7.25. The quantitative estimate of drug-likeness (QED) is 0.735. The number of para-hydroxylation sites is 1. The number of hydrogen-bond donors (Lipinski definition) is 0. The molecule has 0 radical (unpaired) electrons. The number of hydrogen-bond acceptors (Lipinski definition) is 4. The number of rotatable bonds is 2. The molecule has 0 aliphatic carbocycles. The van der Waals surface area contributed by atoms with Gasteiger partial charge in [0.15, 0.2) is 9.77 Å². The van der Waals surface area contributed by atoms with Crippen LogP contribution in [0.5, 0.6) is 0 Å². The molecule has 2 rings (SSSR count). The first-order valence-electron chi connectivity index (χ1n) is 4.45. The van der Waals surface area contributed by atoms with Crippen molar-refractivity contribution in [2.45, 2.75) is 6.92 Å². The Bertz CT molecular complexity index is 525. The van der Waals surface area contributed by atoms with E-state index >= 15 is 0 Å². The average molecular weight is 235 g/mol. The van der Waals surface area contributed by atoms with E-state index in [9.17, 15) is 4.79 Å². The van der Waals surface area contributed by atoms with E-state index in [0.29, 0.717) is 0 Å². The van der Waals surface area contributed by atoms with Gasteiger partial charge in [0.25, 0.3) is 0 Å². The van der Waals surface area contributed by atoms with Gasteiger partial charge in [-0.15, -0.1) is 22.7 Å². The Balaban J connectivity index is 2.38. The number of carbonyl (C=O) groups is 1. The Kier molecular flexibility index (Phi) is 3.08. The second kappa shape index (κ2) is 4.51. The molecule has 0 aliphatic rings. The Labute approximate surface area is 95.6 Å². The third-order valence-electron chi connectivity index (χ3n) is 1.79. The van der Waals surface area contributed by atoms with Gasteiger partial charge in [-0.1, -0.05) is 18.2 Å². The molecule has 0 amide bonds. The van der Waals surface area contributed by atoms with Crippen LogP contribution in [0.3, 0.4) is 0 Å². The lowest BCUT2D eigenvalue weighted by Crippen LogP contribution is -1.87. The highest BCUT2D eigenvalue weighted by atomic mass is 32.2. The summed E-state index contributed by atoms with van der Waals surface area (Å²) in [6, 6.07) is 9.74. The van der Waals surface area contributed by atoms with Crippen molar-refractivity contribution in [2.24, 2.45) is 4.99 Å². The molecule has 1 aromatic heterocycles. The van der Waals surface area contributed by atoms with Crippen LogP contribution >= 0.6 is 22.7 Å². The summed E-state index contributed by atoms with van der Waals surface area (Å²) in [4.78, 5) is 16.3. The van der Waals surface area contributed by atoms with Gasteiger partial charge >= 0.3 is 0 Å². The highest BCUT2D eigenvalue weighted by Gasteiger charge is 2.01. The predicted octanol–water partition coefficient (Wildman–Crippen LogP) is 3.24. The fourth-order valence-electron chi connectivity index (χ4n) is 1.06. The first-order valence-corrected chi connectivity index (χ1v) is 6.14. The summed E-state index contributed by atoms with van der Waals surface area (Å²) in [6.07, 6.45) is 0. The van der Waals surface area contributed by atoms with E-state index in [4.69, 9.17) is 0 Å². The molecule has 2 nitrogen and oxygen atoms in total. The molecule has 0 saturated heterocycles. The van der Waals surface area contributed by atoms with E-state index in [1.165, 1.54) is 22.7 Å². The normalized spacial score (nSPS) is 11.7. The fraction of sp³-hybridized carbons (Fsp3) is 0.0909. The number of carbonyl (C=O) groups excluding carboxylic acids is 1. The van der Waals surface area contributed by atoms with Gasteiger partial charge in [-0.2, -0.15) is 0 Å². The minimum atomic E-state index is 0.103. The molecule has 1 heterocycles. The van der Waals surface area contributed by atoms with Gasteiger partial charge in [-0.3, -0.25) is 4.79 Å². The van der Waals surface area contributed by atoms with Gasteiger partial charge in [-0.25, -0.2) is 4.99 Å². The number of nitrogens with zero attached hydrogens (tertiary/aromatic N) is 1. The molecule has 0 atom stereocenters. The Morgan fingerprint density at radius 2 is 2.00 bits per heavy atom. The largest absolute Gasteiger partial charge is 0.294 e. The zero-order valence-corrected chi connectivity index (χ0v) is 9.77. The Morgan fingerprint density at radius 3 is 2.60 bits per heavy atom. The molecule has 2 aromatic rings. The lowest BCUT2D eigenvalue weighted by molar-refractivity contribution is 0.102. The third kappa shape index (κ3) is 2.61. The number of ketones is 1. The minimum Gasteiger partial charge on any atom is -0.294 e. The summed E-state index contributed by atoms with van der Waals surface area (Å²) in [6.45, 7) is 1.57. The van der Waals surface area contributed by atoms with Crippen molar-refractivity contribution in [3.63, 3.8) is 0 Å². The zero-order chi connectivity index (χ0) is 10.7. The third-order valence-corrected chi connectivity index (χ3v) is 4.01. The summed E-state index contributed by atoms with van der Waals surface area (Å²) in [5.41, 5.74) is 0.922. The van der Waals surface area contributed by atoms with Crippen molar-refractivity contribution in [1.82, 2.24) is 0 Å². The summed E-state index contributed by atoms with van der Waals surface area (Å²) >= 11 is 2.94. The summed E-state index contributed by atoms with van der Waals surface area (Å²) in [5, 5.41) is 1.86. The second-order valence-electron chi connectivity index (χ2n) is 2.97. The van der Waals surface area contributed by atoms with Crippen LogP contribution < -0.4 is 3.98 Å². The maximum absolute atomic E-state index is 11.1. The second-order valence-corrected chi connectivity index (χ2v) is 5.12. The molecule has 0 unspecified atom stereocenters. The van der Waals surface area contributed by atoms with Crippen molar-refractivity contribution in [3.05, 3.63) is 44.6 Å². The van der Waals surface area contributed by atoms with E-state index in [0.717, 1.165) is 14.5 Å². The highest BCUT2D eigenvalue weighted by molar-refractivity contribution is 7.27. The van der Waals surface area contributed by atoms with Crippen molar-refractivity contribution in [1.29, 1.82) is 0 Å². The van der Waals surface area contributed by atoms with Crippen molar-refractivity contribution in [2.75, 3.05) is 0 Å². The van der Waals surface area contributed by atoms with Crippen molar-refractivity contribution in [3.8, 4) is 0 Å². The van der Waals surface area contributed by atoms with Gasteiger partial charge < -0.3 is 0 Å². The predicted molar refractivity (Wildman–Crippen MR) is 63.9 cm³/mol. The lowest BCUT2D eigenvalue weighted by atomic mass is 10.3. The van der Waals surface area contributed by atoms with Gasteiger partial charge in [-0.05, 0) is 19.1 Å². The molecule has 4 heteroatoms. The molecule has 0 N–H and O–H groups in total. The van der Waals surface area contributed by atoms with Gasteiger partial charge in [0, 0.05) is 5.38 Å². The Hall–Kier alpha value is -1.26. The molecular formula is C11H9NOS2. The van der Waals surface area contributed by atoms with E-state index in [1.54, 1.807) is 6.92 Å². The van der Waals surface area contributed by atoms with Crippen LogP contribution in [0.15, 0.2) is 40.7 Å². The van der Waals surface area contributed by atoms with Gasteiger partial charge in [0.05, 0.1) is 10.6 Å². The SMILES string of the molecule is CC(=O)c1csc(=Nc2ccccc2)s1. The van der Waals surface area contributed by atoms with Crippen LogP contribution in [0.2, 0.25) is 0 Å². The number of benzene rings is 1. The van der Waals surface area contributed by atoms with E-state index < -0.39 is 0 Å². The van der Waals surface area contributed by atoms with Crippen LogP contribution in [0.25, 0.3) is 0 Å². The smallest absolute Gasteiger partial charge is 0.171 e. The molecular weight excluding hydrogens is 226 g/mol. The molecule has 0 bridgehead atoms. The monoisotopic (exact) mass is 235 g/mol. The van der Waals surface area contributed by atoms with E-state index in [1.807, 2.05) is 35.7 Å². The Morgan fingerprint density at radius 1 is 1.27 bits per heavy atom. The van der Waals surface area contributed by atoms with Crippen LogP contribution in [0, 0.1) is 0 Å². The zero-order valence-electron chi connectivity index (χ0n) is 8.14. The fourth-order valence-corrected chi connectivity index (χ4v) is 3.02. The topological polar surface area (TPSA) is 29.4 Å². The van der Waals surface area contributed by atoms with Crippen molar-refractivity contribution < 1.29 is 4.79 Å². The minimum absolute atomic E-state index is 0.103. The average Bonchev–Trinajstić information content (AvgIpc) is 2.68. The van der Waals surface area contributed by atoms with Crippen LogP contribution in [-0.2, 0) is 0 Å². The highest BCUT2D eigenvalue weighted by Crippen LogP contribution is 2.12. The van der Waals surface area contributed by atoms with E-state index in [2.05, 4.69) is 4.99 Å².